The summed E-state index contributed by atoms with van der Waals surface area (Å²) in [6.45, 7) is 8.29. The zero-order valence-corrected chi connectivity index (χ0v) is 13.2. The lowest BCUT2D eigenvalue weighted by Gasteiger charge is -2.44. The molecule has 2 rings (SSSR count). The Morgan fingerprint density at radius 2 is 1.90 bits per heavy atom. The Labute approximate surface area is 122 Å². The molecule has 0 aromatic rings. The maximum atomic E-state index is 12.8. The second-order valence-corrected chi connectivity index (χ2v) is 6.75. The van der Waals surface area contributed by atoms with Crippen LogP contribution < -0.4 is 5.32 Å². The van der Waals surface area contributed by atoms with Crippen LogP contribution in [0.15, 0.2) is 0 Å². The highest BCUT2D eigenvalue weighted by Crippen LogP contribution is 2.36. The maximum Gasteiger partial charge on any atom is 0.246 e. The summed E-state index contributed by atoms with van der Waals surface area (Å²) in [5, 5.41) is 2.97. The first-order valence-electron chi connectivity index (χ1n) is 8.09. The van der Waals surface area contributed by atoms with Crippen molar-refractivity contribution in [3.05, 3.63) is 0 Å². The fraction of sp³-hybridized carbons (Fsp3) is 0.875. The summed E-state index contributed by atoms with van der Waals surface area (Å²) in [7, 11) is 0. The summed E-state index contributed by atoms with van der Waals surface area (Å²) in [6, 6.07) is -0.409. The van der Waals surface area contributed by atoms with Crippen LogP contribution in [-0.4, -0.2) is 34.8 Å². The summed E-state index contributed by atoms with van der Waals surface area (Å²) in [5.74, 6) is 0.720. The predicted molar refractivity (Wildman–Crippen MR) is 79.1 cm³/mol. The lowest BCUT2D eigenvalue weighted by Crippen LogP contribution is -2.67. The zero-order valence-electron chi connectivity index (χ0n) is 13.2. The second-order valence-electron chi connectivity index (χ2n) is 6.75. The summed E-state index contributed by atoms with van der Waals surface area (Å²) in [6.07, 6.45) is 5.35. The van der Waals surface area contributed by atoms with E-state index < -0.39 is 0 Å². The number of nitrogens with zero attached hydrogens (tertiary/aromatic N) is 1. The third kappa shape index (κ3) is 2.99. The van der Waals surface area contributed by atoms with Gasteiger partial charge in [-0.2, -0.15) is 0 Å². The van der Waals surface area contributed by atoms with E-state index in [4.69, 9.17) is 0 Å². The monoisotopic (exact) mass is 280 g/mol. The number of hydrogen-bond donors (Lipinski definition) is 1. The second kappa shape index (κ2) is 6.15. The topological polar surface area (TPSA) is 49.4 Å². The van der Waals surface area contributed by atoms with Gasteiger partial charge in [0.25, 0.3) is 0 Å². The Morgan fingerprint density at radius 3 is 2.40 bits per heavy atom. The largest absolute Gasteiger partial charge is 0.342 e. The van der Waals surface area contributed by atoms with E-state index >= 15 is 0 Å². The minimum absolute atomic E-state index is 0.0415. The lowest BCUT2D eigenvalue weighted by atomic mass is 9.93. The van der Waals surface area contributed by atoms with Crippen LogP contribution in [0.25, 0.3) is 0 Å². The number of unbranched alkanes of at least 4 members (excludes halogenated alkanes) is 1. The predicted octanol–water partition coefficient (Wildman–Crippen LogP) is 2.33. The van der Waals surface area contributed by atoms with E-state index in [9.17, 15) is 9.59 Å². The fourth-order valence-electron chi connectivity index (χ4n) is 3.23. The minimum Gasteiger partial charge on any atom is -0.342 e. The third-order valence-electron chi connectivity index (χ3n) is 4.56. The average Bonchev–Trinajstić information content (AvgIpc) is 3.21. The molecule has 0 radical (unpaired) electrons. The molecule has 0 bridgehead atoms. The Hall–Kier alpha value is -1.06. The van der Waals surface area contributed by atoms with Crippen LogP contribution in [0, 0.1) is 11.8 Å². The quantitative estimate of drug-likeness (QED) is 0.812. The molecule has 20 heavy (non-hydrogen) atoms. The number of carbonyl (C=O) groups is 2. The molecular weight excluding hydrogens is 252 g/mol. The van der Waals surface area contributed by atoms with Gasteiger partial charge < -0.3 is 10.2 Å². The first-order chi connectivity index (χ1) is 9.47. The molecule has 1 aliphatic carbocycles. The Bertz CT molecular complexity index is 377. The van der Waals surface area contributed by atoms with Gasteiger partial charge >= 0.3 is 0 Å². The molecule has 2 amide bonds. The molecular formula is C16H28N2O2. The molecule has 1 saturated heterocycles. The van der Waals surface area contributed by atoms with Crippen molar-refractivity contribution in [3.8, 4) is 0 Å². The van der Waals surface area contributed by atoms with E-state index in [2.05, 4.69) is 19.2 Å². The van der Waals surface area contributed by atoms with Crippen LogP contribution in [-0.2, 0) is 9.59 Å². The maximum absolute atomic E-state index is 12.8. The normalized spacial score (nSPS) is 28.8. The molecule has 1 N–H and O–H groups in total. The molecule has 4 nitrogen and oxygen atoms in total. The number of hydrogen-bond acceptors (Lipinski definition) is 2. The van der Waals surface area contributed by atoms with Gasteiger partial charge in [0.15, 0.2) is 0 Å². The van der Waals surface area contributed by atoms with Crippen molar-refractivity contribution in [1.82, 2.24) is 10.2 Å². The van der Waals surface area contributed by atoms with Crippen LogP contribution in [0.4, 0.5) is 0 Å². The van der Waals surface area contributed by atoms with E-state index in [1.54, 1.807) is 0 Å². The SMILES string of the molecule is CCCCC(C)N1C(=O)C(C2CC2)NC(=O)C1C(C)C. The lowest BCUT2D eigenvalue weighted by molar-refractivity contribution is -0.154. The van der Waals surface area contributed by atoms with Gasteiger partial charge in [-0.05, 0) is 38.0 Å². The van der Waals surface area contributed by atoms with Crippen LogP contribution in [0.5, 0.6) is 0 Å². The number of carbonyl (C=O) groups excluding carboxylic acids is 2. The summed E-state index contributed by atoms with van der Waals surface area (Å²) in [5.41, 5.74) is 0. The molecule has 2 aliphatic rings. The molecule has 1 aliphatic heterocycles. The fourth-order valence-corrected chi connectivity index (χ4v) is 3.23. The highest BCUT2D eigenvalue weighted by Gasteiger charge is 2.48. The molecule has 4 heteroatoms. The van der Waals surface area contributed by atoms with Crippen LogP contribution in [0.2, 0.25) is 0 Å². The standard InChI is InChI=1S/C16H28N2O2/c1-5-6-7-11(4)18-14(10(2)3)15(19)17-13(16(18)20)12-8-9-12/h10-14H,5-9H2,1-4H3,(H,17,19). The van der Waals surface area contributed by atoms with E-state index in [1.165, 1.54) is 0 Å². The molecule has 2 fully saturated rings. The van der Waals surface area contributed by atoms with Crippen molar-refractivity contribution in [2.24, 2.45) is 11.8 Å². The number of rotatable bonds is 6. The highest BCUT2D eigenvalue weighted by atomic mass is 16.2. The van der Waals surface area contributed by atoms with Crippen LogP contribution in [0.3, 0.4) is 0 Å². The molecule has 3 unspecified atom stereocenters. The molecule has 1 heterocycles. The number of amides is 2. The highest BCUT2D eigenvalue weighted by molar-refractivity contribution is 5.97. The molecule has 0 aromatic carbocycles. The molecule has 114 valence electrons. The smallest absolute Gasteiger partial charge is 0.246 e. The molecule has 3 atom stereocenters. The average molecular weight is 280 g/mol. The van der Waals surface area contributed by atoms with Gasteiger partial charge in [0.2, 0.25) is 11.8 Å². The van der Waals surface area contributed by atoms with Gasteiger partial charge in [-0.3, -0.25) is 9.59 Å². The van der Waals surface area contributed by atoms with Crippen molar-refractivity contribution in [1.29, 1.82) is 0 Å². The van der Waals surface area contributed by atoms with Crippen molar-refractivity contribution >= 4 is 11.8 Å². The number of piperazine rings is 1. The van der Waals surface area contributed by atoms with Gasteiger partial charge in [0.05, 0.1) is 0 Å². The Morgan fingerprint density at radius 1 is 1.25 bits per heavy atom. The first kappa shape index (κ1) is 15.3. The molecule has 0 aromatic heterocycles. The van der Waals surface area contributed by atoms with Crippen molar-refractivity contribution in [3.63, 3.8) is 0 Å². The van der Waals surface area contributed by atoms with Crippen LogP contribution >= 0.6 is 0 Å². The van der Waals surface area contributed by atoms with E-state index in [1.807, 2.05) is 18.7 Å². The minimum atomic E-state index is -0.302. The Balaban J connectivity index is 2.18. The summed E-state index contributed by atoms with van der Waals surface area (Å²) >= 11 is 0. The van der Waals surface area contributed by atoms with E-state index in [0.29, 0.717) is 5.92 Å². The van der Waals surface area contributed by atoms with Gasteiger partial charge in [-0.1, -0.05) is 33.6 Å². The van der Waals surface area contributed by atoms with E-state index in [0.717, 1.165) is 32.1 Å². The number of nitrogens with one attached hydrogen (secondary N) is 1. The van der Waals surface area contributed by atoms with Crippen molar-refractivity contribution < 1.29 is 9.59 Å². The first-order valence-corrected chi connectivity index (χ1v) is 8.09. The van der Waals surface area contributed by atoms with Crippen molar-refractivity contribution in [2.45, 2.75) is 77.9 Å². The van der Waals surface area contributed by atoms with E-state index in [-0.39, 0.29) is 35.9 Å². The zero-order chi connectivity index (χ0) is 14.9. The van der Waals surface area contributed by atoms with Crippen molar-refractivity contribution in [2.75, 3.05) is 0 Å². The summed E-state index contributed by atoms with van der Waals surface area (Å²) in [4.78, 5) is 27.1. The third-order valence-corrected chi connectivity index (χ3v) is 4.56. The Kier molecular flexibility index (Phi) is 4.71. The molecule has 1 saturated carbocycles. The van der Waals surface area contributed by atoms with Crippen LogP contribution in [0.1, 0.15) is 59.8 Å². The van der Waals surface area contributed by atoms with Gasteiger partial charge in [-0.25, -0.2) is 0 Å². The molecule has 0 spiro atoms. The van der Waals surface area contributed by atoms with Gasteiger partial charge in [-0.15, -0.1) is 0 Å². The van der Waals surface area contributed by atoms with Gasteiger partial charge in [0.1, 0.15) is 12.1 Å². The summed E-state index contributed by atoms with van der Waals surface area (Å²) < 4.78 is 0. The van der Waals surface area contributed by atoms with Gasteiger partial charge in [0, 0.05) is 6.04 Å².